The number of halogens is 3. The number of benzene rings is 2. The van der Waals surface area contributed by atoms with Crippen LogP contribution in [0.5, 0.6) is 0 Å². The van der Waals surface area contributed by atoms with Gasteiger partial charge in [-0.05, 0) is 36.5 Å². The maximum Gasteiger partial charge on any atom is 0.248 e. The molecule has 0 fully saturated rings. The molecule has 25 heavy (non-hydrogen) atoms. The van der Waals surface area contributed by atoms with E-state index >= 15 is 0 Å². The lowest BCUT2D eigenvalue weighted by atomic mass is 10.2. The van der Waals surface area contributed by atoms with E-state index in [4.69, 9.17) is 35.4 Å². The normalized spacial score (nSPS) is 10.5. The van der Waals surface area contributed by atoms with Crippen molar-refractivity contribution < 1.29 is 4.39 Å². The van der Waals surface area contributed by atoms with Crippen LogP contribution < -0.4 is 10.6 Å². The molecule has 128 valence electrons. The van der Waals surface area contributed by atoms with Crippen LogP contribution in [-0.4, -0.2) is 19.9 Å². The van der Waals surface area contributed by atoms with Crippen molar-refractivity contribution >= 4 is 52.2 Å². The number of aromatic nitrogens is 3. The van der Waals surface area contributed by atoms with E-state index in [2.05, 4.69) is 20.7 Å². The highest BCUT2D eigenvalue weighted by Gasteiger charge is 2.09. The molecule has 0 radical (unpaired) electrons. The molecule has 2 N–H and O–H groups in total. The van der Waals surface area contributed by atoms with Crippen LogP contribution in [0.2, 0.25) is 10.0 Å². The van der Waals surface area contributed by atoms with E-state index < -0.39 is 5.82 Å². The predicted octanol–water partition coefficient (Wildman–Crippen LogP) is 4.58. The molecular weight excluding hydrogens is 384 g/mol. The molecule has 0 unspecified atom stereocenters. The van der Waals surface area contributed by atoms with Crippen molar-refractivity contribution in [2.24, 2.45) is 0 Å². The number of hydrogen-bond acceptors (Lipinski definition) is 3. The Hall–Kier alpha value is -2.22. The lowest BCUT2D eigenvalue weighted by Gasteiger charge is -2.08. The number of thiocarbonyl (C=S) groups is 1. The monoisotopic (exact) mass is 395 g/mol. The molecule has 0 aliphatic rings. The van der Waals surface area contributed by atoms with Gasteiger partial charge >= 0.3 is 0 Å². The van der Waals surface area contributed by atoms with Gasteiger partial charge in [0.2, 0.25) is 5.95 Å². The van der Waals surface area contributed by atoms with Gasteiger partial charge in [-0.2, -0.15) is 0 Å². The second-order valence-corrected chi connectivity index (χ2v) is 6.25. The lowest BCUT2D eigenvalue weighted by molar-refractivity contribution is 0.632. The van der Waals surface area contributed by atoms with Crippen molar-refractivity contribution in [1.82, 2.24) is 14.8 Å². The highest BCUT2D eigenvalue weighted by molar-refractivity contribution is 7.80. The van der Waals surface area contributed by atoms with E-state index in [0.717, 1.165) is 5.56 Å². The molecule has 0 atom stereocenters. The molecular formula is C16H12Cl2FN5S. The second-order valence-electron chi connectivity index (χ2n) is 5.02. The van der Waals surface area contributed by atoms with Gasteiger partial charge in [-0.1, -0.05) is 41.4 Å². The van der Waals surface area contributed by atoms with Gasteiger partial charge in [0.05, 0.1) is 12.2 Å². The van der Waals surface area contributed by atoms with Gasteiger partial charge in [0.15, 0.2) is 5.11 Å². The number of nitrogens with zero attached hydrogens (tertiary/aromatic N) is 3. The van der Waals surface area contributed by atoms with Gasteiger partial charge in [0.25, 0.3) is 0 Å². The van der Waals surface area contributed by atoms with Crippen LogP contribution in [0.1, 0.15) is 5.56 Å². The van der Waals surface area contributed by atoms with Crippen molar-refractivity contribution in [3.63, 3.8) is 0 Å². The Morgan fingerprint density at radius 1 is 1.08 bits per heavy atom. The molecule has 9 heteroatoms. The molecule has 3 aromatic rings. The predicted molar refractivity (Wildman–Crippen MR) is 102 cm³/mol. The summed E-state index contributed by atoms with van der Waals surface area (Å²) in [5, 5.41) is 11.1. The SMILES string of the molecule is Fc1ccccc1NC(=S)Nc1ncn(Cc2c(Cl)cccc2Cl)n1. The minimum atomic E-state index is -0.404. The Kier molecular flexibility index (Phi) is 5.47. The van der Waals surface area contributed by atoms with Crippen LogP contribution in [-0.2, 0) is 6.54 Å². The average Bonchev–Trinajstić information content (AvgIpc) is 3.00. The molecule has 0 bridgehead atoms. The lowest BCUT2D eigenvalue weighted by Crippen LogP contribution is -2.20. The third kappa shape index (κ3) is 4.45. The summed E-state index contributed by atoms with van der Waals surface area (Å²) >= 11 is 17.4. The molecule has 1 heterocycles. The Bertz CT molecular complexity index is 895. The average molecular weight is 396 g/mol. The van der Waals surface area contributed by atoms with Gasteiger partial charge in [0.1, 0.15) is 12.1 Å². The van der Waals surface area contributed by atoms with Crippen molar-refractivity contribution in [3.05, 3.63) is 70.2 Å². The van der Waals surface area contributed by atoms with Crippen LogP contribution in [0.4, 0.5) is 16.0 Å². The first kappa shape index (κ1) is 17.6. The van der Waals surface area contributed by atoms with E-state index in [-0.39, 0.29) is 16.7 Å². The zero-order valence-electron chi connectivity index (χ0n) is 12.7. The maximum absolute atomic E-state index is 13.6. The Labute approximate surface area is 158 Å². The van der Waals surface area contributed by atoms with Crippen molar-refractivity contribution in [2.75, 3.05) is 10.6 Å². The number of nitrogens with one attached hydrogen (secondary N) is 2. The van der Waals surface area contributed by atoms with Gasteiger partial charge in [0, 0.05) is 15.6 Å². The van der Waals surface area contributed by atoms with E-state index in [9.17, 15) is 4.39 Å². The quantitative estimate of drug-likeness (QED) is 0.633. The summed E-state index contributed by atoms with van der Waals surface area (Å²) in [6.07, 6.45) is 1.52. The van der Waals surface area contributed by atoms with Crippen LogP contribution in [0.15, 0.2) is 48.8 Å². The van der Waals surface area contributed by atoms with Crippen LogP contribution in [0, 0.1) is 5.82 Å². The summed E-state index contributed by atoms with van der Waals surface area (Å²) < 4.78 is 15.2. The molecule has 0 amide bonds. The van der Waals surface area contributed by atoms with E-state index in [1.54, 1.807) is 41.1 Å². The minimum Gasteiger partial charge on any atom is -0.330 e. The molecule has 3 rings (SSSR count). The van der Waals surface area contributed by atoms with E-state index in [0.29, 0.717) is 16.6 Å². The van der Waals surface area contributed by atoms with Gasteiger partial charge in [-0.25, -0.2) is 14.1 Å². The number of hydrogen-bond donors (Lipinski definition) is 2. The van der Waals surface area contributed by atoms with Crippen molar-refractivity contribution in [3.8, 4) is 0 Å². The fourth-order valence-electron chi connectivity index (χ4n) is 2.09. The molecule has 0 saturated heterocycles. The van der Waals surface area contributed by atoms with E-state index in [1.807, 2.05) is 0 Å². The highest BCUT2D eigenvalue weighted by Crippen LogP contribution is 2.24. The standard InChI is InChI=1S/C16H12Cl2FN5S/c17-11-4-3-5-12(18)10(11)8-24-9-20-15(23-24)22-16(25)21-14-7-2-1-6-13(14)19/h1-7,9H,8H2,(H2,21,22,23,25). The Morgan fingerprint density at radius 3 is 2.52 bits per heavy atom. The third-order valence-corrected chi connectivity index (χ3v) is 4.18. The molecule has 1 aromatic heterocycles. The van der Waals surface area contributed by atoms with Gasteiger partial charge in [-0.3, -0.25) is 5.32 Å². The molecule has 0 aliphatic carbocycles. The van der Waals surface area contributed by atoms with Crippen LogP contribution >= 0.6 is 35.4 Å². The number of para-hydroxylation sites is 1. The molecule has 0 spiro atoms. The van der Waals surface area contributed by atoms with Crippen LogP contribution in [0.3, 0.4) is 0 Å². The first-order valence-electron chi connectivity index (χ1n) is 7.18. The first-order valence-corrected chi connectivity index (χ1v) is 8.34. The maximum atomic E-state index is 13.6. The Balaban J connectivity index is 1.66. The third-order valence-electron chi connectivity index (χ3n) is 3.27. The van der Waals surface area contributed by atoms with Crippen molar-refractivity contribution in [2.45, 2.75) is 6.54 Å². The zero-order chi connectivity index (χ0) is 17.8. The van der Waals surface area contributed by atoms with Gasteiger partial charge < -0.3 is 5.32 Å². The molecule has 5 nitrogen and oxygen atoms in total. The first-order chi connectivity index (χ1) is 12.0. The Morgan fingerprint density at radius 2 is 1.80 bits per heavy atom. The molecule has 0 aliphatic heterocycles. The smallest absolute Gasteiger partial charge is 0.248 e. The second kappa shape index (κ2) is 7.77. The summed E-state index contributed by atoms with van der Waals surface area (Å²) in [7, 11) is 0. The number of rotatable bonds is 4. The van der Waals surface area contributed by atoms with Gasteiger partial charge in [-0.15, -0.1) is 5.10 Å². The fourth-order valence-corrected chi connectivity index (χ4v) is 2.81. The minimum absolute atomic E-state index is 0.179. The summed E-state index contributed by atoms with van der Waals surface area (Å²) in [6, 6.07) is 11.5. The highest BCUT2D eigenvalue weighted by atomic mass is 35.5. The summed E-state index contributed by atoms with van der Waals surface area (Å²) in [6.45, 7) is 0.362. The van der Waals surface area contributed by atoms with E-state index in [1.165, 1.54) is 12.4 Å². The molecule has 2 aromatic carbocycles. The summed E-state index contributed by atoms with van der Waals surface area (Å²) in [5.74, 6) is -0.129. The van der Waals surface area contributed by atoms with Crippen LogP contribution in [0.25, 0.3) is 0 Å². The topological polar surface area (TPSA) is 54.8 Å². The summed E-state index contributed by atoms with van der Waals surface area (Å²) in [5.41, 5.74) is 1.01. The number of anilines is 2. The zero-order valence-corrected chi connectivity index (χ0v) is 15.0. The van der Waals surface area contributed by atoms with Crippen molar-refractivity contribution in [1.29, 1.82) is 0 Å². The summed E-state index contributed by atoms with van der Waals surface area (Å²) in [4.78, 5) is 4.11. The largest absolute Gasteiger partial charge is 0.330 e. The fraction of sp³-hybridized carbons (Fsp3) is 0.0625. The molecule has 0 saturated carbocycles.